The fourth-order valence-corrected chi connectivity index (χ4v) is 4.01. The van der Waals surface area contributed by atoms with Crippen molar-refractivity contribution in [2.45, 2.75) is 13.5 Å². The number of rotatable bonds is 6. The van der Waals surface area contributed by atoms with E-state index in [-0.39, 0.29) is 0 Å². The van der Waals surface area contributed by atoms with E-state index in [4.69, 9.17) is 27.9 Å². The molecule has 0 radical (unpaired) electrons. The van der Waals surface area contributed by atoms with E-state index in [0.29, 0.717) is 23.2 Å². The summed E-state index contributed by atoms with van der Waals surface area (Å²) in [5, 5.41) is 2.19. The van der Waals surface area contributed by atoms with Gasteiger partial charge in [0.2, 0.25) is 0 Å². The molecule has 0 saturated carbocycles. The van der Waals surface area contributed by atoms with Crippen LogP contribution in [0, 0.1) is 6.92 Å². The summed E-state index contributed by atoms with van der Waals surface area (Å²) < 4.78 is 9.39. The number of benzene rings is 2. The molecule has 0 unspecified atom stereocenters. The zero-order valence-corrected chi connectivity index (χ0v) is 18.1. The third-order valence-corrected chi connectivity index (χ3v) is 5.63. The van der Waals surface area contributed by atoms with Crippen LogP contribution < -0.4 is 4.74 Å². The minimum Gasteiger partial charge on any atom is -0.490 e. The minimum absolute atomic E-state index is 0.603. The maximum absolute atomic E-state index is 6.56. The summed E-state index contributed by atoms with van der Waals surface area (Å²) in [7, 11) is 4.06. The van der Waals surface area contributed by atoms with Crippen molar-refractivity contribution in [3.8, 4) is 5.75 Å². The van der Waals surface area contributed by atoms with E-state index in [1.807, 2.05) is 38.4 Å². The summed E-state index contributed by atoms with van der Waals surface area (Å²) in [6, 6.07) is 11.9. The summed E-state index contributed by atoms with van der Waals surface area (Å²) in [6.45, 7) is 4.20. The normalized spacial score (nSPS) is 11.5. The zero-order chi connectivity index (χ0) is 18.8. The first kappa shape index (κ1) is 19.6. The summed E-state index contributed by atoms with van der Waals surface area (Å²) in [5.74, 6) is 0.846. The second kappa shape index (κ2) is 8.22. The van der Waals surface area contributed by atoms with Crippen molar-refractivity contribution in [2.24, 2.45) is 0 Å². The second-order valence-corrected chi connectivity index (χ2v) is 8.23. The maximum Gasteiger partial charge on any atom is 0.147 e. The Labute approximate surface area is 172 Å². The van der Waals surface area contributed by atoms with Gasteiger partial charge in [0.1, 0.15) is 12.4 Å². The molecule has 0 aliphatic rings. The predicted octanol–water partition coefficient (Wildman–Crippen LogP) is 6.01. The molecular formula is C20H21BrCl2N2O. The standard InChI is InChI=1S/C20H21BrCl2N2O/c1-13-20(26-9-8-24(2)3)16-10-15(22)11-18(23)19(16)25(13)12-14-6-4-5-7-17(14)21/h4-7,10-11H,8-9,12H2,1-3H3. The quantitative estimate of drug-likeness (QED) is 0.452. The molecule has 3 nitrogen and oxygen atoms in total. The third-order valence-electron chi connectivity index (χ3n) is 4.35. The molecular weight excluding hydrogens is 435 g/mol. The number of fused-ring (bicyclic) bond motifs is 1. The van der Waals surface area contributed by atoms with Crippen molar-refractivity contribution in [1.82, 2.24) is 9.47 Å². The van der Waals surface area contributed by atoms with Gasteiger partial charge in [-0.15, -0.1) is 0 Å². The molecule has 0 spiro atoms. The molecule has 138 valence electrons. The molecule has 2 aromatic carbocycles. The third kappa shape index (κ3) is 4.04. The lowest BCUT2D eigenvalue weighted by atomic mass is 10.2. The largest absolute Gasteiger partial charge is 0.490 e. The summed E-state index contributed by atoms with van der Waals surface area (Å²) in [4.78, 5) is 2.09. The second-order valence-electron chi connectivity index (χ2n) is 6.53. The van der Waals surface area contributed by atoms with Crippen LogP contribution in [0.1, 0.15) is 11.3 Å². The molecule has 0 aliphatic heterocycles. The number of nitrogens with zero attached hydrogens (tertiary/aromatic N) is 2. The molecule has 0 bridgehead atoms. The van der Waals surface area contributed by atoms with Crippen LogP contribution in [0.5, 0.6) is 5.75 Å². The Bertz CT molecular complexity index is 937. The van der Waals surface area contributed by atoms with Crippen LogP contribution in [-0.2, 0) is 6.54 Å². The van der Waals surface area contributed by atoms with Crippen LogP contribution in [0.2, 0.25) is 10.0 Å². The van der Waals surface area contributed by atoms with E-state index in [1.54, 1.807) is 6.07 Å². The highest BCUT2D eigenvalue weighted by atomic mass is 79.9. The van der Waals surface area contributed by atoms with Gasteiger partial charge in [-0.25, -0.2) is 0 Å². The molecule has 0 saturated heterocycles. The van der Waals surface area contributed by atoms with Gasteiger partial charge in [0, 0.05) is 28.0 Å². The Hall–Kier alpha value is -1.20. The van der Waals surface area contributed by atoms with Gasteiger partial charge in [0.05, 0.1) is 16.2 Å². The first-order chi connectivity index (χ1) is 12.4. The molecule has 0 N–H and O–H groups in total. The number of likely N-dealkylation sites (N-methyl/N-ethyl adjacent to an activating group) is 1. The van der Waals surface area contributed by atoms with Crippen molar-refractivity contribution < 1.29 is 4.74 Å². The van der Waals surface area contributed by atoms with Gasteiger partial charge in [-0.3, -0.25) is 0 Å². The molecule has 1 heterocycles. The van der Waals surface area contributed by atoms with Crippen LogP contribution in [-0.4, -0.2) is 36.7 Å². The highest BCUT2D eigenvalue weighted by molar-refractivity contribution is 9.10. The lowest BCUT2D eigenvalue weighted by molar-refractivity contribution is 0.262. The average Bonchev–Trinajstić information content (AvgIpc) is 2.82. The molecule has 0 amide bonds. The SMILES string of the molecule is Cc1c(OCCN(C)C)c2cc(Cl)cc(Cl)c2n1Cc1ccccc1Br. The monoisotopic (exact) mass is 454 g/mol. The summed E-state index contributed by atoms with van der Waals surface area (Å²) >= 11 is 16.5. The fourth-order valence-electron chi connectivity index (χ4n) is 3.01. The van der Waals surface area contributed by atoms with Gasteiger partial charge in [0.25, 0.3) is 0 Å². The Morgan fingerprint density at radius 2 is 1.88 bits per heavy atom. The maximum atomic E-state index is 6.56. The van der Waals surface area contributed by atoms with E-state index in [2.05, 4.69) is 38.4 Å². The Morgan fingerprint density at radius 3 is 2.58 bits per heavy atom. The summed E-state index contributed by atoms with van der Waals surface area (Å²) in [5.41, 5.74) is 3.17. The van der Waals surface area contributed by atoms with Crippen molar-refractivity contribution in [2.75, 3.05) is 27.2 Å². The smallest absolute Gasteiger partial charge is 0.147 e. The number of aromatic nitrogens is 1. The molecule has 0 aliphatic carbocycles. The molecule has 0 atom stereocenters. The highest BCUT2D eigenvalue weighted by Gasteiger charge is 2.19. The summed E-state index contributed by atoms with van der Waals surface area (Å²) in [6.07, 6.45) is 0. The van der Waals surface area contributed by atoms with E-state index >= 15 is 0 Å². The number of hydrogen-bond acceptors (Lipinski definition) is 2. The van der Waals surface area contributed by atoms with Crippen LogP contribution >= 0.6 is 39.1 Å². The molecule has 0 fully saturated rings. The first-order valence-electron chi connectivity index (χ1n) is 8.37. The van der Waals surface area contributed by atoms with Crippen molar-refractivity contribution in [1.29, 1.82) is 0 Å². The molecule has 3 rings (SSSR count). The van der Waals surface area contributed by atoms with E-state index in [1.165, 1.54) is 5.56 Å². The topological polar surface area (TPSA) is 17.4 Å². The highest BCUT2D eigenvalue weighted by Crippen LogP contribution is 2.39. The van der Waals surface area contributed by atoms with Crippen LogP contribution in [0.4, 0.5) is 0 Å². The van der Waals surface area contributed by atoms with E-state index in [9.17, 15) is 0 Å². The molecule has 1 aromatic heterocycles. The predicted molar refractivity (Wildman–Crippen MR) is 114 cm³/mol. The fraction of sp³-hybridized carbons (Fsp3) is 0.300. The van der Waals surface area contributed by atoms with Gasteiger partial charge < -0.3 is 14.2 Å². The molecule has 26 heavy (non-hydrogen) atoms. The van der Waals surface area contributed by atoms with Gasteiger partial charge >= 0.3 is 0 Å². The van der Waals surface area contributed by atoms with Crippen LogP contribution in [0.15, 0.2) is 40.9 Å². The minimum atomic E-state index is 0.603. The van der Waals surface area contributed by atoms with Gasteiger partial charge in [-0.2, -0.15) is 0 Å². The average molecular weight is 456 g/mol. The first-order valence-corrected chi connectivity index (χ1v) is 9.92. The lowest BCUT2D eigenvalue weighted by Gasteiger charge is -2.12. The van der Waals surface area contributed by atoms with Gasteiger partial charge in [0.15, 0.2) is 0 Å². The number of ether oxygens (including phenoxy) is 1. The molecule has 3 aromatic rings. The van der Waals surface area contributed by atoms with E-state index in [0.717, 1.165) is 33.4 Å². The number of hydrogen-bond donors (Lipinski definition) is 0. The Morgan fingerprint density at radius 1 is 1.15 bits per heavy atom. The lowest BCUT2D eigenvalue weighted by Crippen LogP contribution is -2.19. The zero-order valence-electron chi connectivity index (χ0n) is 15.0. The van der Waals surface area contributed by atoms with Crippen molar-refractivity contribution in [3.63, 3.8) is 0 Å². The van der Waals surface area contributed by atoms with Crippen LogP contribution in [0.3, 0.4) is 0 Å². The number of halogens is 3. The van der Waals surface area contributed by atoms with E-state index < -0.39 is 0 Å². The molecule has 6 heteroatoms. The van der Waals surface area contributed by atoms with Gasteiger partial charge in [-0.1, -0.05) is 57.3 Å². The van der Waals surface area contributed by atoms with Crippen molar-refractivity contribution in [3.05, 3.63) is 62.2 Å². The van der Waals surface area contributed by atoms with Crippen LogP contribution in [0.25, 0.3) is 10.9 Å². The van der Waals surface area contributed by atoms with Crippen molar-refractivity contribution >= 4 is 50.0 Å². The Kier molecular flexibility index (Phi) is 6.18. The van der Waals surface area contributed by atoms with Gasteiger partial charge in [-0.05, 0) is 44.8 Å². The Balaban J connectivity index is 2.10.